The molecule has 0 radical (unpaired) electrons. The second-order valence-electron chi connectivity index (χ2n) is 5.94. The van der Waals surface area contributed by atoms with Crippen LogP contribution in [0.5, 0.6) is 0 Å². The van der Waals surface area contributed by atoms with Crippen LogP contribution < -0.4 is 11.0 Å². The minimum absolute atomic E-state index is 0.0293. The van der Waals surface area contributed by atoms with Crippen LogP contribution in [0.2, 0.25) is 0 Å². The van der Waals surface area contributed by atoms with Gasteiger partial charge in [0.2, 0.25) is 5.91 Å². The summed E-state index contributed by atoms with van der Waals surface area (Å²) in [6.45, 7) is 1.57. The van der Waals surface area contributed by atoms with Crippen molar-refractivity contribution in [2.45, 2.75) is 18.5 Å². The van der Waals surface area contributed by atoms with Crippen LogP contribution in [0.15, 0.2) is 23.0 Å². The summed E-state index contributed by atoms with van der Waals surface area (Å²) in [7, 11) is 3.56. The molecule has 2 saturated heterocycles. The van der Waals surface area contributed by atoms with Crippen LogP contribution in [-0.4, -0.2) is 33.0 Å². The zero-order valence-corrected chi connectivity index (χ0v) is 12.2. The third-order valence-corrected chi connectivity index (χ3v) is 4.96. The fourth-order valence-electron chi connectivity index (χ4n) is 3.81. The summed E-state index contributed by atoms with van der Waals surface area (Å²) in [6, 6.07) is 6.05. The number of amides is 1. The lowest BCUT2D eigenvalue weighted by Crippen LogP contribution is -2.45. The van der Waals surface area contributed by atoms with Gasteiger partial charge in [-0.05, 0) is 24.1 Å². The first-order valence-corrected chi connectivity index (χ1v) is 7.26. The van der Waals surface area contributed by atoms with Gasteiger partial charge < -0.3 is 4.90 Å². The summed E-state index contributed by atoms with van der Waals surface area (Å²) >= 11 is 0. The Morgan fingerprint density at radius 2 is 1.90 bits per heavy atom. The first kappa shape index (κ1) is 12.6. The Labute approximate surface area is 122 Å². The average Bonchev–Trinajstić information content (AvgIpc) is 3.11. The van der Waals surface area contributed by atoms with Gasteiger partial charge in [0.05, 0.1) is 11.0 Å². The molecule has 0 spiro atoms. The second-order valence-corrected chi connectivity index (χ2v) is 5.94. The molecular formula is C15H18N4O2. The van der Waals surface area contributed by atoms with Crippen molar-refractivity contribution in [1.29, 1.82) is 0 Å². The van der Waals surface area contributed by atoms with Gasteiger partial charge in [0.1, 0.15) is 5.66 Å². The first-order chi connectivity index (χ1) is 10.0. The molecule has 2 aliphatic heterocycles. The van der Waals surface area contributed by atoms with Gasteiger partial charge in [-0.2, -0.15) is 0 Å². The Balaban J connectivity index is 1.94. The molecule has 6 nitrogen and oxygen atoms in total. The molecule has 0 saturated carbocycles. The summed E-state index contributed by atoms with van der Waals surface area (Å²) in [4.78, 5) is 26.0. The third kappa shape index (κ3) is 1.45. The lowest BCUT2D eigenvalue weighted by Gasteiger charge is -2.32. The zero-order chi connectivity index (χ0) is 14.8. The van der Waals surface area contributed by atoms with E-state index >= 15 is 0 Å². The Morgan fingerprint density at radius 3 is 2.71 bits per heavy atom. The number of carbonyl (C=O) groups is 1. The number of hydrogen-bond donors (Lipinski definition) is 1. The van der Waals surface area contributed by atoms with Gasteiger partial charge in [-0.1, -0.05) is 6.07 Å². The van der Waals surface area contributed by atoms with Crippen LogP contribution in [-0.2, 0) is 24.6 Å². The highest BCUT2D eigenvalue weighted by atomic mass is 16.2. The maximum absolute atomic E-state index is 12.0. The van der Waals surface area contributed by atoms with Gasteiger partial charge >= 0.3 is 5.69 Å². The monoisotopic (exact) mass is 286 g/mol. The van der Waals surface area contributed by atoms with Crippen molar-refractivity contribution in [3.63, 3.8) is 0 Å². The average molecular weight is 286 g/mol. The largest absolute Gasteiger partial charge is 0.328 e. The predicted octanol–water partition coefficient (Wildman–Crippen LogP) is 0.255. The van der Waals surface area contributed by atoms with E-state index in [0.717, 1.165) is 36.1 Å². The van der Waals surface area contributed by atoms with Gasteiger partial charge in [-0.15, -0.1) is 0 Å². The molecule has 110 valence electrons. The normalized spacial score (nSPS) is 25.0. The van der Waals surface area contributed by atoms with Gasteiger partial charge in [-0.25, -0.2) is 4.79 Å². The molecule has 0 aliphatic carbocycles. The molecule has 1 aromatic heterocycles. The molecule has 1 N–H and O–H groups in total. The van der Waals surface area contributed by atoms with Gasteiger partial charge in [0.25, 0.3) is 0 Å². The van der Waals surface area contributed by atoms with E-state index in [1.165, 1.54) is 0 Å². The third-order valence-electron chi connectivity index (χ3n) is 4.96. The number of carbonyl (C=O) groups excluding carboxylic acids is 1. The van der Waals surface area contributed by atoms with E-state index in [1.807, 2.05) is 23.1 Å². The summed E-state index contributed by atoms with van der Waals surface area (Å²) in [5.41, 5.74) is 2.48. The Kier molecular flexibility index (Phi) is 2.39. The molecule has 1 unspecified atom stereocenters. The van der Waals surface area contributed by atoms with Crippen molar-refractivity contribution in [1.82, 2.24) is 19.4 Å². The molecule has 1 aromatic carbocycles. The highest BCUT2D eigenvalue weighted by Gasteiger charge is 2.49. The Hall–Kier alpha value is -2.08. The highest BCUT2D eigenvalue weighted by Crippen LogP contribution is 2.40. The van der Waals surface area contributed by atoms with E-state index in [0.29, 0.717) is 6.42 Å². The van der Waals surface area contributed by atoms with Gasteiger partial charge in [0, 0.05) is 33.6 Å². The van der Waals surface area contributed by atoms with Crippen molar-refractivity contribution in [3.8, 4) is 0 Å². The smallest absolute Gasteiger partial charge is 0.319 e. The summed E-state index contributed by atoms with van der Waals surface area (Å²) < 4.78 is 3.31. The fraction of sp³-hybridized carbons (Fsp3) is 0.467. The van der Waals surface area contributed by atoms with Crippen LogP contribution in [0.4, 0.5) is 0 Å². The molecule has 2 fully saturated rings. The molecule has 6 heteroatoms. The topological polar surface area (TPSA) is 59.3 Å². The number of rotatable bonds is 1. The number of hydrogen-bond acceptors (Lipinski definition) is 3. The molecule has 2 aliphatic rings. The zero-order valence-electron chi connectivity index (χ0n) is 12.2. The number of fused-ring (bicyclic) bond motifs is 2. The molecule has 1 atom stereocenters. The maximum Gasteiger partial charge on any atom is 0.328 e. The Bertz CT molecular complexity index is 819. The quantitative estimate of drug-likeness (QED) is 0.818. The van der Waals surface area contributed by atoms with Crippen LogP contribution in [0, 0.1) is 0 Å². The van der Waals surface area contributed by atoms with E-state index in [1.54, 1.807) is 23.2 Å². The maximum atomic E-state index is 12.0. The minimum Gasteiger partial charge on any atom is -0.319 e. The highest BCUT2D eigenvalue weighted by molar-refractivity contribution is 5.82. The fourth-order valence-corrected chi connectivity index (χ4v) is 3.81. The summed E-state index contributed by atoms with van der Waals surface area (Å²) in [5.74, 6) is 0.210. The van der Waals surface area contributed by atoms with Crippen molar-refractivity contribution in [2.24, 2.45) is 14.1 Å². The number of imidazole rings is 1. The van der Waals surface area contributed by atoms with Crippen molar-refractivity contribution >= 4 is 16.9 Å². The van der Waals surface area contributed by atoms with E-state index in [-0.39, 0.29) is 17.3 Å². The van der Waals surface area contributed by atoms with Crippen LogP contribution in [0.25, 0.3) is 11.0 Å². The van der Waals surface area contributed by atoms with Gasteiger partial charge in [-0.3, -0.25) is 19.2 Å². The van der Waals surface area contributed by atoms with Crippen LogP contribution >= 0.6 is 0 Å². The van der Waals surface area contributed by atoms with Crippen LogP contribution in [0.3, 0.4) is 0 Å². The van der Waals surface area contributed by atoms with Gasteiger partial charge in [0.15, 0.2) is 0 Å². The van der Waals surface area contributed by atoms with Crippen molar-refractivity contribution < 1.29 is 4.79 Å². The van der Waals surface area contributed by atoms with Crippen molar-refractivity contribution in [2.75, 3.05) is 13.1 Å². The number of nitrogens with zero attached hydrogens (tertiary/aromatic N) is 3. The number of aromatic nitrogens is 2. The molecule has 21 heavy (non-hydrogen) atoms. The number of aryl methyl sites for hydroxylation is 2. The van der Waals surface area contributed by atoms with E-state index in [4.69, 9.17) is 0 Å². The molecular weight excluding hydrogens is 268 g/mol. The standard InChI is InChI=1S/C15H18N4O2/c1-17-11-4-3-10(9-12(11)18(2)14(17)21)15-6-5-13(20)19(15)8-7-16-15/h3-4,9,16H,5-8H2,1-2H3. The molecule has 3 heterocycles. The van der Waals surface area contributed by atoms with E-state index in [2.05, 4.69) is 5.32 Å². The number of benzene rings is 1. The lowest BCUT2D eigenvalue weighted by atomic mass is 9.97. The van der Waals surface area contributed by atoms with E-state index in [9.17, 15) is 9.59 Å². The van der Waals surface area contributed by atoms with Crippen LogP contribution in [0.1, 0.15) is 18.4 Å². The predicted molar refractivity (Wildman–Crippen MR) is 78.8 cm³/mol. The minimum atomic E-state index is -0.378. The lowest BCUT2D eigenvalue weighted by molar-refractivity contribution is -0.130. The Morgan fingerprint density at radius 1 is 1.14 bits per heavy atom. The SMILES string of the molecule is Cn1c(=O)n(C)c2cc(C34CCC(=O)N3CCN4)ccc21. The molecule has 0 bridgehead atoms. The van der Waals surface area contributed by atoms with E-state index < -0.39 is 0 Å². The summed E-state index contributed by atoms with van der Waals surface area (Å²) in [6.07, 6.45) is 1.37. The molecule has 2 aromatic rings. The molecule has 4 rings (SSSR count). The van der Waals surface area contributed by atoms with Crippen molar-refractivity contribution in [3.05, 3.63) is 34.2 Å². The molecule has 1 amide bonds. The summed E-state index contributed by atoms with van der Waals surface area (Å²) in [5, 5.41) is 3.50. The number of nitrogens with one attached hydrogen (secondary N) is 1. The second kappa shape index (κ2) is 3.98. The first-order valence-electron chi connectivity index (χ1n) is 7.26.